The van der Waals surface area contributed by atoms with Crippen LogP contribution in [-0.2, 0) is 0 Å². The SMILES string of the molecule is CC(C)CCCC(CN)c1ccc(F)cc1. The van der Waals surface area contributed by atoms with Crippen LogP contribution in [0, 0.1) is 11.7 Å². The molecule has 1 nitrogen and oxygen atoms in total. The summed E-state index contributed by atoms with van der Waals surface area (Å²) in [6.07, 6.45) is 3.52. The van der Waals surface area contributed by atoms with Crippen molar-refractivity contribution in [2.45, 2.75) is 39.0 Å². The molecule has 1 aromatic carbocycles. The van der Waals surface area contributed by atoms with Crippen LogP contribution in [0.4, 0.5) is 4.39 Å². The van der Waals surface area contributed by atoms with E-state index < -0.39 is 0 Å². The first-order valence-electron chi connectivity index (χ1n) is 6.09. The summed E-state index contributed by atoms with van der Waals surface area (Å²) in [6, 6.07) is 6.73. The lowest BCUT2D eigenvalue weighted by molar-refractivity contribution is 0.502. The number of nitrogens with two attached hydrogens (primary N) is 1. The summed E-state index contributed by atoms with van der Waals surface area (Å²) in [5.41, 5.74) is 6.93. The van der Waals surface area contributed by atoms with Gasteiger partial charge in [-0.15, -0.1) is 0 Å². The number of hydrogen-bond donors (Lipinski definition) is 1. The van der Waals surface area contributed by atoms with Crippen LogP contribution in [0.2, 0.25) is 0 Å². The van der Waals surface area contributed by atoms with Crippen molar-refractivity contribution in [2.75, 3.05) is 6.54 Å². The maximum Gasteiger partial charge on any atom is 0.123 e. The fourth-order valence-electron chi connectivity index (χ4n) is 1.93. The Labute approximate surface area is 97.9 Å². The molecule has 0 fully saturated rings. The van der Waals surface area contributed by atoms with Crippen molar-refractivity contribution < 1.29 is 4.39 Å². The Morgan fingerprint density at radius 2 is 1.75 bits per heavy atom. The van der Waals surface area contributed by atoms with Crippen molar-refractivity contribution in [1.82, 2.24) is 0 Å². The van der Waals surface area contributed by atoms with Crippen LogP contribution < -0.4 is 5.73 Å². The summed E-state index contributed by atoms with van der Waals surface area (Å²) < 4.78 is 12.8. The lowest BCUT2D eigenvalue weighted by Gasteiger charge is -2.15. The lowest BCUT2D eigenvalue weighted by atomic mass is 9.92. The highest BCUT2D eigenvalue weighted by atomic mass is 19.1. The molecule has 0 aliphatic heterocycles. The topological polar surface area (TPSA) is 26.0 Å². The van der Waals surface area contributed by atoms with E-state index in [2.05, 4.69) is 13.8 Å². The van der Waals surface area contributed by atoms with E-state index in [4.69, 9.17) is 5.73 Å². The van der Waals surface area contributed by atoms with Crippen LogP contribution in [0.3, 0.4) is 0 Å². The molecule has 0 amide bonds. The third-order valence-corrected chi connectivity index (χ3v) is 2.96. The van der Waals surface area contributed by atoms with Crippen LogP contribution in [0.1, 0.15) is 44.6 Å². The average Bonchev–Trinajstić information content (AvgIpc) is 2.26. The summed E-state index contributed by atoms with van der Waals surface area (Å²) in [6.45, 7) is 5.11. The Morgan fingerprint density at radius 3 is 2.25 bits per heavy atom. The van der Waals surface area contributed by atoms with Gasteiger partial charge < -0.3 is 5.73 Å². The normalized spacial score (nSPS) is 13.1. The molecule has 1 aromatic rings. The first-order valence-corrected chi connectivity index (χ1v) is 6.09. The van der Waals surface area contributed by atoms with E-state index >= 15 is 0 Å². The van der Waals surface area contributed by atoms with E-state index in [0.717, 1.165) is 17.9 Å². The molecule has 2 N–H and O–H groups in total. The van der Waals surface area contributed by atoms with Gasteiger partial charge in [0.1, 0.15) is 5.82 Å². The number of benzene rings is 1. The minimum absolute atomic E-state index is 0.179. The fraction of sp³-hybridized carbons (Fsp3) is 0.571. The molecule has 1 atom stereocenters. The van der Waals surface area contributed by atoms with Crippen LogP contribution in [0.5, 0.6) is 0 Å². The van der Waals surface area contributed by atoms with E-state index in [0.29, 0.717) is 12.5 Å². The van der Waals surface area contributed by atoms with Gasteiger partial charge in [0.15, 0.2) is 0 Å². The van der Waals surface area contributed by atoms with Crippen LogP contribution >= 0.6 is 0 Å². The van der Waals surface area contributed by atoms with Crippen LogP contribution in [-0.4, -0.2) is 6.54 Å². The maximum absolute atomic E-state index is 12.8. The van der Waals surface area contributed by atoms with E-state index in [1.165, 1.54) is 25.0 Å². The highest BCUT2D eigenvalue weighted by Crippen LogP contribution is 2.22. The highest BCUT2D eigenvalue weighted by molar-refractivity contribution is 5.20. The van der Waals surface area contributed by atoms with E-state index in [1.807, 2.05) is 12.1 Å². The predicted octanol–water partition coefficient (Wildman–Crippen LogP) is 3.69. The minimum Gasteiger partial charge on any atom is -0.330 e. The van der Waals surface area contributed by atoms with Crippen molar-refractivity contribution in [3.05, 3.63) is 35.6 Å². The summed E-state index contributed by atoms with van der Waals surface area (Å²) in [5.74, 6) is 0.938. The molecule has 0 aliphatic rings. The Bertz CT molecular complexity index is 292. The molecule has 16 heavy (non-hydrogen) atoms. The summed E-state index contributed by atoms with van der Waals surface area (Å²) in [7, 11) is 0. The van der Waals surface area contributed by atoms with Gasteiger partial charge in [0.05, 0.1) is 0 Å². The van der Waals surface area contributed by atoms with Gasteiger partial charge in [0.2, 0.25) is 0 Å². The molecule has 0 saturated heterocycles. The van der Waals surface area contributed by atoms with Gasteiger partial charge in [-0.25, -0.2) is 4.39 Å². The van der Waals surface area contributed by atoms with Gasteiger partial charge in [-0.2, -0.15) is 0 Å². The molecule has 2 heteroatoms. The van der Waals surface area contributed by atoms with Crippen LogP contribution in [0.25, 0.3) is 0 Å². The quantitative estimate of drug-likeness (QED) is 0.782. The fourth-order valence-corrected chi connectivity index (χ4v) is 1.93. The smallest absolute Gasteiger partial charge is 0.123 e. The van der Waals surface area contributed by atoms with Crippen LogP contribution in [0.15, 0.2) is 24.3 Å². The molecular formula is C14H22FN. The Morgan fingerprint density at radius 1 is 1.12 bits per heavy atom. The standard InChI is InChI=1S/C14H22FN/c1-11(2)4-3-5-13(10-16)12-6-8-14(15)9-7-12/h6-9,11,13H,3-5,10,16H2,1-2H3. The molecule has 0 aliphatic carbocycles. The van der Waals surface area contributed by atoms with Gasteiger partial charge in [-0.1, -0.05) is 38.8 Å². The zero-order chi connectivity index (χ0) is 12.0. The molecule has 0 bridgehead atoms. The van der Waals surface area contributed by atoms with E-state index in [9.17, 15) is 4.39 Å². The molecular weight excluding hydrogens is 201 g/mol. The molecule has 0 radical (unpaired) electrons. The Hall–Kier alpha value is -0.890. The lowest BCUT2D eigenvalue weighted by Crippen LogP contribution is -2.12. The van der Waals surface area contributed by atoms with Crippen molar-refractivity contribution in [2.24, 2.45) is 11.7 Å². The molecule has 0 saturated carbocycles. The number of hydrogen-bond acceptors (Lipinski definition) is 1. The molecule has 1 unspecified atom stereocenters. The first kappa shape index (κ1) is 13.2. The van der Waals surface area contributed by atoms with Gasteiger partial charge in [0, 0.05) is 0 Å². The summed E-state index contributed by atoms with van der Waals surface area (Å²) in [4.78, 5) is 0. The van der Waals surface area contributed by atoms with Gasteiger partial charge in [-0.3, -0.25) is 0 Å². The van der Waals surface area contributed by atoms with Crippen molar-refractivity contribution in [3.8, 4) is 0 Å². The third kappa shape index (κ3) is 4.31. The van der Waals surface area contributed by atoms with Gasteiger partial charge in [0.25, 0.3) is 0 Å². The molecule has 90 valence electrons. The summed E-state index contributed by atoms with van der Waals surface area (Å²) >= 11 is 0. The second-order valence-corrected chi connectivity index (χ2v) is 4.81. The van der Waals surface area contributed by atoms with Crippen molar-refractivity contribution in [1.29, 1.82) is 0 Å². The number of halogens is 1. The molecule has 0 heterocycles. The second-order valence-electron chi connectivity index (χ2n) is 4.81. The highest BCUT2D eigenvalue weighted by Gasteiger charge is 2.09. The predicted molar refractivity (Wildman–Crippen MR) is 66.9 cm³/mol. The van der Waals surface area contributed by atoms with Gasteiger partial charge in [-0.05, 0) is 42.5 Å². The zero-order valence-corrected chi connectivity index (χ0v) is 10.2. The van der Waals surface area contributed by atoms with Gasteiger partial charge >= 0.3 is 0 Å². The molecule has 0 spiro atoms. The van der Waals surface area contributed by atoms with E-state index in [-0.39, 0.29) is 5.82 Å². The van der Waals surface area contributed by atoms with Crippen molar-refractivity contribution in [3.63, 3.8) is 0 Å². The Balaban J connectivity index is 2.50. The maximum atomic E-state index is 12.8. The summed E-state index contributed by atoms with van der Waals surface area (Å²) in [5, 5.41) is 0. The number of rotatable bonds is 6. The largest absolute Gasteiger partial charge is 0.330 e. The van der Waals surface area contributed by atoms with Crippen molar-refractivity contribution >= 4 is 0 Å². The third-order valence-electron chi connectivity index (χ3n) is 2.96. The minimum atomic E-state index is -0.179. The average molecular weight is 223 g/mol. The molecule has 0 aromatic heterocycles. The van der Waals surface area contributed by atoms with E-state index in [1.54, 1.807) is 0 Å². The molecule has 1 rings (SSSR count). The monoisotopic (exact) mass is 223 g/mol. The first-order chi connectivity index (χ1) is 7.63. The second kappa shape index (κ2) is 6.64. The zero-order valence-electron chi connectivity index (χ0n) is 10.2. The Kier molecular flexibility index (Phi) is 5.47.